The van der Waals surface area contributed by atoms with Crippen molar-refractivity contribution < 1.29 is 14.3 Å². The van der Waals surface area contributed by atoms with Crippen molar-refractivity contribution in [3.63, 3.8) is 0 Å². The molecular formula is C26H40N2O3. The second kappa shape index (κ2) is 10.5. The Morgan fingerprint density at radius 2 is 1.61 bits per heavy atom. The molecule has 1 N–H and O–H groups in total. The number of rotatable bonds is 6. The van der Waals surface area contributed by atoms with Crippen LogP contribution < -0.4 is 5.32 Å². The first-order chi connectivity index (χ1) is 14.7. The molecule has 0 radical (unpaired) electrons. The maximum atomic E-state index is 13.0. The number of ether oxygens (including phenoxy) is 1. The number of likely N-dealkylation sites (tertiary alicyclic amines) is 1. The molecule has 5 nitrogen and oxygen atoms in total. The van der Waals surface area contributed by atoms with E-state index in [2.05, 4.69) is 24.4 Å². The molecule has 0 bridgehead atoms. The van der Waals surface area contributed by atoms with Gasteiger partial charge in [-0.3, -0.25) is 4.79 Å². The van der Waals surface area contributed by atoms with Crippen LogP contribution in [0, 0.1) is 17.8 Å². The molecule has 1 aliphatic heterocycles. The molecule has 5 heteroatoms. The van der Waals surface area contributed by atoms with Gasteiger partial charge in [-0.1, -0.05) is 56.0 Å². The molecule has 0 unspecified atom stereocenters. The second-order valence-corrected chi connectivity index (χ2v) is 10.4. The van der Waals surface area contributed by atoms with Crippen molar-refractivity contribution in [1.82, 2.24) is 10.2 Å². The monoisotopic (exact) mass is 428 g/mol. The molecule has 1 saturated carbocycles. The average molecular weight is 429 g/mol. The first kappa shape index (κ1) is 23.6. The molecule has 1 saturated heterocycles. The van der Waals surface area contributed by atoms with E-state index in [1.165, 1.54) is 25.7 Å². The maximum absolute atomic E-state index is 13.0. The van der Waals surface area contributed by atoms with Crippen LogP contribution in [0.15, 0.2) is 30.3 Å². The standard InChI is InChI=1S/C26H40N2O3/c1-19(20-10-6-5-7-11-20)27-24(29)18-23(21-12-8-9-13-21)22-14-16-28(17-15-22)25(30)31-26(2,3)4/h5-7,10-11,19,21-23H,8-9,12-18H2,1-4H3,(H,27,29)/t19-,23-/m0/s1. The highest BCUT2D eigenvalue weighted by Gasteiger charge is 2.36. The number of hydrogen-bond acceptors (Lipinski definition) is 3. The molecule has 31 heavy (non-hydrogen) atoms. The highest BCUT2D eigenvalue weighted by atomic mass is 16.6. The van der Waals surface area contributed by atoms with Gasteiger partial charge < -0.3 is 15.0 Å². The lowest BCUT2D eigenvalue weighted by molar-refractivity contribution is -0.123. The number of carbonyl (C=O) groups is 2. The van der Waals surface area contributed by atoms with E-state index < -0.39 is 5.60 Å². The number of nitrogens with zero attached hydrogens (tertiary/aromatic N) is 1. The van der Waals surface area contributed by atoms with Gasteiger partial charge in [-0.25, -0.2) is 4.79 Å². The third-order valence-corrected chi connectivity index (χ3v) is 6.90. The van der Waals surface area contributed by atoms with Crippen LogP contribution in [0.1, 0.15) is 84.2 Å². The largest absolute Gasteiger partial charge is 0.444 e. The first-order valence-corrected chi connectivity index (χ1v) is 12.0. The van der Waals surface area contributed by atoms with Crippen LogP contribution in [0.2, 0.25) is 0 Å². The van der Waals surface area contributed by atoms with Gasteiger partial charge in [0, 0.05) is 19.5 Å². The molecule has 2 aliphatic rings. The molecule has 172 valence electrons. The minimum Gasteiger partial charge on any atom is -0.444 e. The summed E-state index contributed by atoms with van der Waals surface area (Å²) in [5, 5.41) is 3.22. The van der Waals surface area contributed by atoms with Crippen molar-refractivity contribution >= 4 is 12.0 Å². The Bertz CT molecular complexity index is 714. The summed E-state index contributed by atoms with van der Waals surface area (Å²) in [6.07, 6.45) is 7.33. The maximum Gasteiger partial charge on any atom is 0.410 e. The van der Waals surface area contributed by atoms with Gasteiger partial charge in [0.2, 0.25) is 5.91 Å². The lowest BCUT2D eigenvalue weighted by atomic mass is 9.74. The fraction of sp³-hybridized carbons (Fsp3) is 0.692. The van der Waals surface area contributed by atoms with Crippen molar-refractivity contribution in [3.8, 4) is 0 Å². The van der Waals surface area contributed by atoms with Crippen LogP contribution in [0.5, 0.6) is 0 Å². The van der Waals surface area contributed by atoms with Crippen LogP contribution in [0.25, 0.3) is 0 Å². The van der Waals surface area contributed by atoms with Crippen LogP contribution >= 0.6 is 0 Å². The Morgan fingerprint density at radius 1 is 1.03 bits per heavy atom. The summed E-state index contributed by atoms with van der Waals surface area (Å²) >= 11 is 0. The predicted molar refractivity (Wildman–Crippen MR) is 124 cm³/mol. The zero-order valence-corrected chi connectivity index (χ0v) is 19.7. The lowest BCUT2D eigenvalue weighted by Crippen LogP contribution is -2.44. The minimum atomic E-state index is -0.464. The van der Waals surface area contributed by atoms with E-state index in [0.717, 1.165) is 31.5 Å². The predicted octanol–water partition coefficient (Wildman–Crippen LogP) is 5.71. The van der Waals surface area contributed by atoms with E-state index in [1.807, 2.05) is 43.9 Å². The summed E-state index contributed by atoms with van der Waals surface area (Å²) in [5.41, 5.74) is 0.673. The van der Waals surface area contributed by atoms with Crippen molar-refractivity contribution in [1.29, 1.82) is 0 Å². The normalized spacial score (nSPS) is 20.3. The topological polar surface area (TPSA) is 58.6 Å². The Morgan fingerprint density at radius 3 is 2.19 bits per heavy atom. The molecule has 1 aromatic carbocycles. The number of nitrogens with one attached hydrogen (secondary N) is 1. The fourth-order valence-electron chi connectivity index (χ4n) is 5.28. The number of carbonyl (C=O) groups excluding carboxylic acids is 2. The van der Waals surface area contributed by atoms with Crippen LogP contribution in [0.4, 0.5) is 4.79 Å². The van der Waals surface area contributed by atoms with E-state index in [0.29, 0.717) is 24.2 Å². The molecule has 1 aromatic rings. The van der Waals surface area contributed by atoms with E-state index in [1.54, 1.807) is 0 Å². The highest BCUT2D eigenvalue weighted by Crippen LogP contribution is 2.41. The third-order valence-electron chi connectivity index (χ3n) is 6.90. The van der Waals surface area contributed by atoms with E-state index >= 15 is 0 Å². The smallest absolute Gasteiger partial charge is 0.410 e. The molecular weight excluding hydrogens is 388 g/mol. The number of piperidine rings is 1. The summed E-state index contributed by atoms with van der Waals surface area (Å²) in [5.74, 6) is 1.70. The molecule has 1 heterocycles. The van der Waals surface area contributed by atoms with Crippen molar-refractivity contribution in [2.24, 2.45) is 17.8 Å². The average Bonchev–Trinajstić information content (AvgIpc) is 3.26. The van der Waals surface area contributed by atoms with Gasteiger partial charge in [-0.15, -0.1) is 0 Å². The van der Waals surface area contributed by atoms with Gasteiger partial charge in [-0.05, 0) is 63.9 Å². The Kier molecular flexibility index (Phi) is 8.01. The highest BCUT2D eigenvalue weighted by molar-refractivity contribution is 5.76. The van der Waals surface area contributed by atoms with Crippen molar-refractivity contribution in [2.75, 3.05) is 13.1 Å². The van der Waals surface area contributed by atoms with Crippen molar-refractivity contribution in [2.45, 2.75) is 84.3 Å². The molecule has 1 aliphatic carbocycles. The zero-order valence-electron chi connectivity index (χ0n) is 19.7. The Labute approximate surface area is 187 Å². The summed E-state index contributed by atoms with van der Waals surface area (Å²) in [4.78, 5) is 27.2. The van der Waals surface area contributed by atoms with Gasteiger partial charge >= 0.3 is 6.09 Å². The Balaban J connectivity index is 1.57. The number of amides is 2. The van der Waals surface area contributed by atoms with E-state index in [-0.39, 0.29) is 18.0 Å². The summed E-state index contributed by atoms with van der Waals surface area (Å²) in [7, 11) is 0. The van der Waals surface area contributed by atoms with Crippen molar-refractivity contribution in [3.05, 3.63) is 35.9 Å². The third kappa shape index (κ3) is 6.98. The number of hydrogen-bond donors (Lipinski definition) is 1. The molecule has 0 spiro atoms. The van der Waals surface area contributed by atoms with Gasteiger partial charge in [0.25, 0.3) is 0 Å². The van der Waals surface area contributed by atoms with Gasteiger partial charge in [0.1, 0.15) is 5.60 Å². The quantitative estimate of drug-likeness (QED) is 0.631. The van der Waals surface area contributed by atoms with Crippen LogP contribution in [-0.4, -0.2) is 35.6 Å². The van der Waals surface area contributed by atoms with Crippen LogP contribution in [-0.2, 0) is 9.53 Å². The van der Waals surface area contributed by atoms with Gasteiger partial charge in [0.15, 0.2) is 0 Å². The fourth-order valence-corrected chi connectivity index (χ4v) is 5.28. The van der Waals surface area contributed by atoms with Gasteiger partial charge in [-0.2, -0.15) is 0 Å². The molecule has 2 amide bonds. The molecule has 2 fully saturated rings. The first-order valence-electron chi connectivity index (χ1n) is 12.0. The Hall–Kier alpha value is -2.04. The lowest BCUT2D eigenvalue weighted by Gasteiger charge is -2.38. The molecule has 3 rings (SSSR count). The van der Waals surface area contributed by atoms with E-state index in [9.17, 15) is 9.59 Å². The zero-order chi connectivity index (χ0) is 22.4. The summed E-state index contributed by atoms with van der Waals surface area (Å²) in [6.45, 7) is 9.22. The summed E-state index contributed by atoms with van der Waals surface area (Å²) < 4.78 is 5.55. The van der Waals surface area contributed by atoms with Gasteiger partial charge in [0.05, 0.1) is 6.04 Å². The number of benzene rings is 1. The second-order valence-electron chi connectivity index (χ2n) is 10.4. The van der Waals surface area contributed by atoms with E-state index in [4.69, 9.17) is 4.74 Å². The molecule has 0 aromatic heterocycles. The SMILES string of the molecule is C[C@H](NC(=O)C[C@@H](C1CCCC1)C1CCN(C(=O)OC(C)(C)C)CC1)c1ccccc1. The van der Waals surface area contributed by atoms with Crippen LogP contribution in [0.3, 0.4) is 0 Å². The summed E-state index contributed by atoms with van der Waals surface area (Å²) in [6, 6.07) is 10.2. The minimum absolute atomic E-state index is 0.0203. The molecule has 2 atom stereocenters.